The molecule has 0 unspecified atom stereocenters. The lowest BCUT2D eigenvalue weighted by atomic mass is 10.2. The highest BCUT2D eigenvalue weighted by Crippen LogP contribution is 2.32. The molecule has 10 heteroatoms. The van der Waals surface area contributed by atoms with Crippen molar-refractivity contribution in [2.24, 2.45) is 0 Å². The Labute approximate surface area is 191 Å². The topological polar surface area (TPSA) is 83.1 Å². The number of halogens is 1. The summed E-state index contributed by atoms with van der Waals surface area (Å²) in [4.78, 5) is 28.9. The van der Waals surface area contributed by atoms with Gasteiger partial charge in [0, 0.05) is 39.3 Å². The Balaban J connectivity index is 1.42. The zero-order chi connectivity index (χ0) is 22.2. The number of ether oxygens (including phenoxy) is 2. The number of rotatable bonds is 8. The van der Waals surface area contributed by atoms with Crippen molar-refractivity contribution in [1.29, 1.82) is 0 Å². The third-order valence-corrected chi connectivity index (χ3v) is 6.12. The lowest BCUT2D eigenvalue weighted by Crippen LogP contribution is -2.48. The summed E-state index contributed by atoms with van der Waals surface area (Å²) in [5.74, 6) is 0.374. The van der Waals surface area contributed by atoms with Crippen LogP contribution in [0.25, 0.3) is 0 Å². The van der Waals surface area contributed by atoms with Gasteiger partial charge >= 0.3 is 12.0 Å². The molecule has 8 nitrogen and oxygen atoms in total. The maximum Gasteiger partial charge on any atom is 0.341 e. The Morgan fingerprint density at radius 2 is 1.94 bits per heavy atom. The van der Waals surface area contributed by atoms with Gasteiger partial charge in [-0.05, 0) is 25.1 Å². The van der Waals surface area contributed by atoms with Gasteiger partial charge in [0.15, 0.2) is 0 Å². The molecule has 2 N–H and O–H groups in total. The summed E-state index contributed by atoms with van der Waals surface area (Å²) in [6.45, 7) is 6.79. The summed E-state index contributed by atoms with van der Waals surface area (Å²) in [6.07, 6.45) is 0. The monoisotopic (exact) mass is 466 g/mol. The highest BCUT2D eigenvalue weighted by Gasteiger charge is 2.20. The standard InChI is InChI=1S/C21H27ClN4O4S/c1-3-30-20(27)15-14-18(22)31-19(15)24-21(28)23-8-9-25-10-12-26(13-11-25)16-6-4-5-7-17(16)29-2/h4-7,14H,3,8-13H2,1-2H3,(H2,23,24,28). The van der Waals surface area contributed by atoms with Crippen LogP contribution in [-0.4, -0.2) is 69.9 Å². The number of nitrogens with one attached hydrogen (secondary N) is 2. The van der Waals surface area contributed by atoms with E-state index in [0.29, 0.717) is 15.9 Å². The number of hydrogen-bond donors (Lipinski definition) is 2. The van der Waals surface area contributed by atoms with Crippen molar-refractivity contribution in [1.82, 2.24) is 10.2 Å². The number of anilines is 2. The normalized spacial score (nSPS) is 14.2. The van der Waals surface area contributed by atoms with Gasteiger partial charge in [-0.3, -0.25) is 10.2 Å². The maximum absolute atomic E-state index is 12.3. The molecule has 1 fully saturated rings. The van der Waals surface area contributed by atoms with Crippen LogP contribution in [0.4, 0.5) is 15.5 Å². The lowest BCUT2D eigenvalue weighted by molar-refractivity contribution is 0.0528. The minimum Gasteiger partial charge on any atom is -0.495 e. The van der Waals surface area contributed by atoms with Crippen LogP contribution in [0.15, 0.2) is 30.3 Å². The van der Waals surface area contributed by atoms with Gasteiger partial charge in [-0.15, -0.1) is 11.3 Å². The fourth-order valence-electron chi connectivity index (χ4n) is 3.39. The first-order valence-corrected chi connectivity index (χ1v) is 11.3. The highest BCUT2D eigenvalue weighted by molar-refractivity contribution is 7.20. The van der Waals surface area contributed by atoms with Crippen molar-refractivity contribution < 1.29 is 19.1 Å². The van der Waals surface area contributed by atoms with Gasteiger partial charge in [0.25, 0.3) is 0 Å². The number of carbonyl (C=O) groups is 2. The molecular weight excluding hydrogens is 440 g/mol. The fourth-order valence-corrected chi connectivity index (χ4v) is 4.50. The number of thiophene rings is 1. The zero-order valence-corrected chi connectivity index (χ0v) is 19.2. The van der Waals surface area contributed by atoms with Gasteiger partial charge in [-0.2, -0.15) is 0 Å². The number of carbonyl (C=O) groups excluding carboxylic acids is 2. The van der Waals surface area contributed by atoms with E-state index in [2.05, 4.69) is 26.5 Å². The van der Waals surface area contributed by atoms with Crippen LogP contribution in [0.1, 0.15) is 17.3 Å². The number of amides is 2. The lowest BCUT2D eigenvalue weighted by Gasteiger charge is -2.36. The Hall–Kier alpha value is -2.49. The van der Waals surface area contributed by atoms with Gasteiger partial charge in [0.05, 0.1) is 29.3 Å². The summed E-state index contributed by atoms with van der Waals surface area (Å²) in [6, 6.07) is 9.15. The Morgan fingerprint density at radius 3 is 2.65 bits per heavy atom. The molecule has 2 heterocycles. The first-order valence-electron chi connectivity index (χ1n) is 10.1. The van der Waals surface area contributed by atoms with Crippen molar-refractivity contribution >= 4 is 45.6 Å². The molecule has 2 aromatic rings. The minimum atomic E-state index is -0.506. The summed E-state index contributed by atoms with van der Waals surface area (Å²) >= 11 is 7.12. The quantitative estimate of drug-likeness (QED) is 0.579. The van der Waals surface area contributed by atoms with Crippen LogP contribution < -0.4 is 20.3 Å². The second-order valence-corrected chi connectivity index (χ2v) is 8.58. The van der Waals surface area contributed by atoms with E-state index in [1.54, 1.807) is 14.0 Å². The third kappa shape index (κ3) is 6.25. The van der Waals surface area contributed by atoms with Gasteiger partial charge in [-0.25, -0.2) is 9.59 Å². The molecule has 2 amide bonds. The Kier molecular flexibility index (Phi) is 8.39. The molecule has 168 valence electrons. The predicted molar refractivity (Wildman–Crippen MR) is 124 cm³/mol. The molecule has 0 bridgehead atoms. The van der Waals surface area contributed by atoms with E-state index in [1.807, 2.05) is 18.2 Å². The number of urea groups is 1. The van der Waals surface area contributed by atoms with Gasteiger partial charge < -0.3 is 19.7 Å². The number of benzene rings is 1. The fraction of sp³-hybridized carbons (Fsp3) is 0.429. The molecule has 1 aromatic carbocycles. The van der Waals surface area contributed by atoms with E-state index in [-0.39, 0.29) is 18.2 Å². The molecule has 0 spiro atoms. The van der Waals surface area contributed by atoms with E-state index >= 15 is 0 Å². The van der Waals surface area contributed by atoms with Crippen LogP contribution in [0.3, 0.4) is 0 Å². The van der Waals surface area contributed by atoms with E-state index in [9.17, 15) is 9.59 Å². The zero-order valence-electron chi connectivity index (χ0n) is 17.7. The van der Waals surface area contributed by atoms with Crippen molar-refractivity contribution in [3.8, 4) is 5.75 Å². The maximum atomic E-state index is 12.3. The number of para-hydroxylation sites is 2. The van der Waals surface area contributed by atoms with Crippen molar-refractivity contribution in [2.75, 3.05) is 63.2 Å². The summed E-state index contributed by atoms with van der Waals surface area (Å²) in [5.41, 5.74) is 1.37. The SMILES string of the molecule is CCOC(=O)c1cc(Cl)sc1NC(=O)NCCN1CCN(c2ccccc2OC)CC1. The average Bonchev–Trinajstić information content (AvgIpc) is 3.14. The second kappa shape index (κ2) is 11.2. The molecule has 0 atom stereocenters. The number of piperazine rings is 1. The highest BCUT2D eigenvalue weighted by atomic mass is 35.5. The number of methoxy groups -OCH3 is 1. The Bertz CT molecular complexity index is 899. The third-order valence-electron chi connectivity index (χ3n) is 4.94. The largest absolute Gasteiger partial charge is 0.495 e. The molecule has 0 saturated carbocycles. The molecule has 31 heavy (non-hydrogen) atoms. The first-order chi connectivity index (χ1) is 15.0. The predicted octanol–water partition coefficient (Wildman–Crippen LogP) is 3.53. The molecule has 3 rings (SSSR count). The molecule has 1 aromatic heterocycles. The molecule has 0 aliphatic carbocycles. The van der Waals surface area contributed by atoms with Crippen LogP contribution >= 0.6 is 22.9 Å². The van der Waals surface area contributed by atoms with Gasteiger partial charge in [-0.1, -0.05) is 23.7 Å². The van der Waals surface area contributed by atoms with Crippen molar-refractivity contribution in [3.63, 3.8) is 0 Å². The van der Waals surface area contributed by atoms with Crippen molar-refractivity contribution in [2.45, 2.75) is 6.92 Å². The number of hydrogen-bond acceptors (Lipinski definition) is 7. The van der Waals surface area contributed by atoms with E-state index in [0.717, 1.165) is 55.5 Å². The van der Waals surface area contributed by atoms with E-state index in [1.165, 1.54) is 6.07 Å². The van der Waals surface area contributed by atoms with Crippen LogP contribution in [0, 0.1) is 0 Å². The Morgan fingerprint density at radius 1 is 1.19 bits per heavy atom. The van der Waals surface area contributed by atoms with Crippen molar-refractivity contribution in [3.05, 3.63) is 40.2 Å². The van der Waals surface area contributed by atoms with Gasteiger partial charge in [0.2, 0.25) is 0 Å². The number of nitrogens with zero attached hydrogens (tertiary/aromatic N) is 2. The van der Waals surface area contributed by atoms with Gasteiger partial charge in [0.1, 0.15) is 10.8 Å². The summed E-state index contributed by atoms with van der Waals surface area (Å²) < 4.78 is 10.9. The summed E-state index contributed by atoms with van der Waals surface area (Å²) in [7, 11) is 1.69. The molecule has 1 aliphatic heterocycles. The number of esters is 1. The second-order valence-electron chi connectivity index (χ2n) is 6.90. The van der Waals surface area contributed by atoms with Crippen LogP contribution in [0.2, 0.25) is 4.34 Å². The molecular formula is C21H27ClN4O4S. The summed E-state index contributed by atoms with van der Waals surface area (Å²) in [5, 5.41) is 5.91. The molecule has 0 radical (unpaired) electrons. The average molecular weight is 467 g/mol. The smallest absolute Gasteiger partial charge is 0.341 e. The minimum absolute atomic E-state index is 0.252. The van der Waals surface area contributed by atoms with E-state index in [4.69, 9.17) is 21.1 Å². The van der Waals surface area contributed by atoms with Crippen LogP contribution in [-0.2, 0) is 4.74 Å². The molecule has 1 aliphatic rings. The van der Waals surface area contributed by atoms with Crippen LogP contribution in [0.5, 0.6) is 5.75 Å². The molecule has 1 saturated heterocycles. The first kappa shape index (κ1) is 23.2. The van der Waals surface area contributed by atoms with E-state index < -0.39 is 5.97 Å².